The van der Waals surface area contributed by atoms with Crippen LogP contribution < -0.4 is 5.43 Å². The summed E-state index contributed by atoms with van der Waals surface area (Å²) < 4.78 is 0. The van der Waals surface area contributed by atoms with E-state index in [2.05, 4.69) is 5.43 Å². The minimum absolute atomic E-state index is 0.127. The summed E-state index contributed by atoms with van der Waals surface area (Å²) in [5.74, 6) is -1.37. The summed E-state index contributed by atoms with van der Waals surface area (Å²) >= 11 is 0. The highest BCUT2D eigenvalue weighted by molar-refractivity contribution is 6.14. The molecule has 0 aliphatic carbocycles. The number of carbonyl (C=O) groups excluding carboxylic acids is 1. The zero-order valence-corrected chi connectivity index (χ0v) is 10.7. The number of aromatic carboxylic acids is 1. The van der Waals surface area contributed by atoms with Gasteiger partial charge in [-0.1, -0.05) is 24.3 Å². The number of amides is 1. The van der Waals surface area contributed by atoms with Crippen LogP contribution >= 0.6 is 0 Å². The van der Waals surface area contributed by atoms with Gasteiger partial charge >= 0.3 is 5.97 Å². The summed E-state index contributed by atoms with van der Waals surface area (Å²) in [7, 11) is 3.39. The van der Waals surface area contributed by atoms with Crippen LogP contribution in [0.5, 0.6) is 0 Å². The predicted molar refractivity (Wildman–Crippen MR) is 72.1 cm³/mol. The number of rotatable bonds is 3. The fourth-order valence-electron chi connectivity index (χ4n) is 1.97. The standard InChI is InChI=1S/C14H14N2O3/c1-16(2)15-13(17)10-7-3-5-9-6-4-8-11(12(9)10)14(18)19/h3-8H,1-2H3,(H,15,17)(H,18,19). The molecule has 0 radical (unpaired) electrons. The normalized spacial score (nSPS) is 10.7. The molecule has 2 N–H and O–H groups in total. The van der Waals surface area contributed by atoms with Gasteiger partial charge in [-0.05, 0) is 17.5 Å². The summed E-state index contributed by atoms with van der Waals surface area (Å²) in [6.45, 7) is 0. The second-order valence-electron chi connectivity index (χ2n) is 4.35. The maximum Gasteiger partial charge on any atom is 0.336 e. The molecule has 0 saturated heterocycles. The number of carboxylic acid groups (broad SMARTS) is 1. The Hall–Kier alpha value is -2.40. The molecule has 0 aromatic heterocycles. The molecule has 0 atom stereocenters. The van der Waals surface area contributed by atoms with Gasteiger partial charge in [-0.15, -0.1) is 0 Å². The third-order valence-corrected chi connectivity index (χ3v) is 2.70. The van der Waals surface area contributed by atoms with E-state index >= 15 is 0 Å². The van der Waals surface area contributed by atoms with Crippen molar-refractivity contribution in [2.45, 2.75) is 0 Å². The van der Waals surface area contributed by atoms with Crippen molar-refractivity contribution < 1.29 is 14.7 Å². The van der Waals surface area contributed by atoms with E-state index in [4.69, 9.17) is 0 Å². The van der Waals surface area contributed by atoms with Gasteiger partial charge in [0.15, 0.2) is 0 Å². The van der Waals surface area contributed by atoms with Crippen LogP contribution in [0.4, 0.5) is 0 Å². The molecule has 0 bridgehead atoms. The van der Waals surface area contributed by atoms with E-state index in [1.165, 1.54) is 11.1 Å². The molecule has 0 aliphatic heterocycles. The molecule has 2 rings (SSSR count). The Morgan fingerprint density at radius 3 is 2.16 bits per heavy atom. The molecular weight excluding hydrogens is 244 g/mol. The van der Waals surface area contributed by atoms with Crippen molar-refractivity contribution in [1.82, 2.24) is 10.4 Å². The Kier molecular flexibility index (Phi) is 3.48. The molecule has 5 nitrogen and oxygen atoms in total. The lowest BCUT2D eigenvalue weighted by Crippen LogP contribution is -2.36. The molecule has 0 aliphatic rings. The highest BCUT2D eigenvalue weighted by Gasteiger charge is 2.16. The van der Waals surface area contributed by atoms with E-state index < -0.39 is 5.97 Å². The lowest BCUT2D eigenvalue weighted by Gasteiger charge is -2.14. The molecule has 0 spiro atoms. The molecule has 2 aromatic carbocycles. The quantitative estimate of drug-likeness (QED) is 0.823. The summed E-state index contributed by atoms with van der Waals surface area (Å²) in [5, 5.41) is 11.9. The molecule has 1 amide bonds. The average Bonchev–Trinajstić information content (AvgIpc) is 2.36. The minimum atomic E-state index is -1.05. The van der Waals surface area contributed by atoms with Crippen molar-refractivity contribution in [3.8, 4) is 0 Å². The van der Waals surface area contributed by atoms with E-state index in [1.54, 1.807) is 44.4 Å². The largest absolute Gasteiger partial charge is 0.478 e. The number of carboxylic acids is 1. The number of fused-ring (bicyclic) bond motifs is 1. The molecule has 0 heterocycles. The second-order valence-corrected chi connectivity index (χ2v) is 4.35. The zero-order chi connectivity index (χ0) is 14.0. The van der Waals surface area contributed by atoms with Crippen LogP contribution in [-0.2, 0) is 0 Å². The van der Waals surface area contributed by atoms with Crippen LogP contribution in [0.2, 0.25) is 0 Å². The van der Waals surface area contributed by atoms with Crippen LogP contribution in [0.1, 0.15) is 20.7 Å². The van der Waals surface area contributed by atoms with Crippen LogP contribution in [0.15, 0.2) is 36.4 Å². The first-order valence-electron chi connectivity index (χ1n) is 5.74. The Morgan fingerprint density at radius 2 is 1.63 bits per heavy atom. The Morgan fingerprint density at radius 1 is 1.05 bits per heavy atom. The average molecular weight is 258 g/mol. The summed E-state index contributed by atoms with van der Waals surface area (Å²) in [6.07, 6.45) is 0. The predicted octanol–water partition coefficient (Wildman–Crippen LogP) is 1.74. The topological polar surface area (TPSA) is 69.6 Å². The minimum Gasteiger partial charge on any atom is -0.478 e. The van der Waals surface area contributed by atoms with Crippen LogP contribution in [0, 0.1) is 0 Å². The van der Waals surface area contributed by atoms with Gasteiger partial charge in [0.25, 0.3) is 5.91 Å². The van der Waals surface area contributed by atoms with Gasteiger partial charge in [-0.3, -0.25) is 10.2 Å². The maximum absolute atomic E-state index is 12.1. The number of benzene rings is 2. The van der Waals surface area contributed by atoms with Crippen LogP contribution in [0.25, 0.3) is 10.8 Å². The van der Waals surface area contributed by atoms with E-state index in [9.17, 15) is 14.7 Å². The Balaban J connectivity index is 2.67. The van der Waals surface area contributed by atoms with Crippen molar-refractivity contribution in [3.63, 3.8) is 0 Å². The Bertz CT molecular complexity index is 645. The van der Waals surface area contributed by atoms with Crippen molar-refractivity contribution in [3.05, 3.63) is 47.5 Å². The summed E-state index contributed by atoms with van der Waals surface area (Å²) in [5.41, 5.74) is 3.10. The molecule has 19 heavy (non-hydrogen) atoms. The van der Waals surface area contributed by atoms with E-state index in [-0.39, 0.29) is 11.5 Å². The van der Waals surface area contributed by atoms with Crippen molar-refractivity contribution in [2.24, 2.45) is 0 Å². The SMILES string of the molecule is CN(C)NC(=O)c1cccc2cccc(C(=O)O)c12. The summed E-state index contributed by atoms with van der Waals surface area (Å²) in [4.78, 5) is 23.4. The summed E-state index contributed by atoms with van der Waals surface area (Å²) in [6, 6.07) is 10.1. The highest BCUT2D eigenvalue weighted by atomic mass is 16.4. The lowest BCUT2D eigenvalue weighted by molar-refractivity contribution is 0.0699. The van der Waals surface area contributed by atoms with E-state index in [0.29, 0.717) is 10.9 Å². The fraction of sp³-hybridized carbons (Fsp3) is 0.143. The molecule has 0 unspecified atom stereocenters. The maximum atomic E-state index is 12.1. The number of hydrogen-bond acceptors (Lipinski definition) is 3. The number of hydrazine groups is 1. The van der Waals surface area contributed by atoms with E-state index in [0.717, 1.165) is 5.39 Å². The number of nitrogens with one attached hydrogen (secondary N) is 1. The van der Waals surface area contributed by atoms with Crippen molar-refractivity contribution in [1.29, 1.82) is 0 Å². The van der Waals surface area contributed by atoms with Crippen LogP contribution in [0.3, 0.4) is 0 Å². The van der Waals surface area contributed by atoms with E-state index in [1.807, 2.05) is 0 Å². The molecule has 98 valence electrons. The highest BCUT2D eigenvalue weighted by Crippen LogP contribution is 2.23. The van der Waals surface area contributed by atoms with Gasteiger partial charge in [0.1, 0.15) is 0 Å². The van der Waals surface area contributed by atoms with Gasteiger partial charge in [0, 0.05) is 25.0 Å². The third kappa shape index (κ3) is 2.56. The van der Waals surface area contributed by atoms with Gasteiger partial charge in [-0.2, -0.15) is 0 Å². The number of carbonyl (C=O) groups is 2. The van der Waals surface area contributed by atoms with Gasteiger partial charge < -0.3 is 5.11 Å². The fourth-order valence-corrected chi connectivity index (χ4v) is 1.97. The van der Waals surface area contributed by atoms with Gasteiger partial charge in [0.05, 0.1) is 5.56 Å². The molecular formula is C14H14N2O3. The molecule has 5 heteroatoms. The first-order chi connectivity index (χ1) is 9.00. The molecule has 0 fully saturated rings. The second kappa shape index (κ2) is 5.07. The smallest absolute Gasteiger partial charge is 0.336 e. The number of hydrogen-bond donors (Lipinski definition) is 2. The zero-order valence-electron chi connectivity index (χ0n) is 10.7. The first-order valence-corrected chi connectivity index (χ1v) is 5.74. The Labute approximate surface area is 110 Å². The third-order valence-electron chi connectivity index (χ3n) is 2.70. The molecule has 0 saturated carbocycles. The first kappa shape index (κ1) is 13.0. The van der Waals surface area contributed by atoms with Gasteiger partial charge in [-0.25, -0.2) is 9.80 Å². The lowest BCUT2D eigenvalue weighted by atomic mass is 9.99. The molecule has 2 aromatic rings. The van der Waals surface area contributed by atoms with Gasteiger partial charge in [0.2, 0.25) is 0 Å². The monoisotopic (exact) mass is 258 g/mol. The number of nitrogens with zero attached hydrogens (tertiary/aromatic N) is 1. The van der Waals surface area contributed by atoms with Crippen LogP contribution in [-0.4, -0.2) is 36.1 Å². The van der Waals surface area contributed by atoms with Crippen molar-refractivity contribution in [2.75, 3.05) is 14.1 Å². The van der Waals surface area contributed by atoms with Crippen molar-refractivity contribution >= 4 is 22.6 Å².